The topological polar surface area (TPSA) is 42.7 Å². The monoisotopic (exact) mass is 260 g/mol. The minimum Gasteiger partial charge on any atom is -0.311 e. The number of fused-ring (bicyclic) bond motifs is 1. The minimum atomic E-state index is 0.467. The van der Waals surface area contributed by atoms with E-state index in [1.54, 1.807) is 0 Å². The number of rotatable bonds is 2. The molecule has 1 aromatic heterocycles. The summed E-state index contributed by atoms with van der Waals surface area (Å²) in [6.45, 7) is 3.31. The van der Waals surface area contributed by atoms with Crippen LogP contribution in [0.4, 0.5) is 0 Å². The van der Waals surface area contributed by atoms with Gasteiger partial charge in [-0.3, -0.25) is 0 Å². The van der Waals surface area contributed by atoms with Crippen LogP contribution in [0.5, 0.6) is 0 Å². The number of aryl methyl sites for hydroxylation is 1. The van der Waals surface area contributed by atoms with E-state index in [0.717, 1.165) is 17.7 Å². The van der Waals surface area contributed by atoms with Crippen molar-refractivity contribution in [2.45, 2.75) is 64.0 Å². The van der Waals surface area contributed by atoms with E-state index in [-0.39, 0.29) is 0 Å². The van der Waals surface area contributed by atoms with Gasteiger partial charge in [-0.15, -0.1) is 10.2 Å². The molecule has 0 spiro atoms. The van der Waals surface area contributed by atoms with Gasteiger partial charge in [-0.2, -0.15) is 0 Å². The van der Waals surface area contributed by atoms with Crippen LogP contribution in [0.2, 0.25) is 0 Å². The molecule has 4 heteroatoms. The molecule has 1 aliphatic heterocycles. The summed E-state index contributed by atoms with van der Waals surface area (Å²) in [5.74, 6) is 4.05. The lowest BCUT2D eigenvalue weighted by molar-refractivity contribution is 0.377. The molecule has 0 bridgehead atoms. The predicted molar refractivity (Wildman–Crippen MR) is 73.8 cm³/mol. The molecule has 3 aliphatic rings. The second-order valence-corrected chi connectivity index (χ2v) is 6.65. The van der Waals surface area contributed by atoms with Gasteiger partial charge in [0.25, 0.3) is 0 Å². The summed E-state index contributed by atoms with van der Waals surface area (Å²) < 4.78 is 2.46. The van der Waals surface area contributed by atoms with E-state index < -0.39 is 0 Å². The summed E-state index contributed by atoms with van der Waals surface area (Å²) in [5.41, 5.74) is 0. The van der Waals surface area contributed by atoms with Gasteiger partial charge >= 0.3 is 0 Å². The second kappa shape index (κ2) is 4.58. The molecule has 1 N–H and O–H groups in total. The van der Waals surface area contributed by atoms with Crippen molar-refractivity contribution in [3.8, 4) is 0 Å². The summed E-state index contributed by atoms with van der Waals surface area (Å²) in [7, 11) is 0. The summed E-state index contributed by atoms with van der Waals surface area (Å²) in [6.07, 6.45) is 9.55. The number of hydrogen-bond donors (Lipinski definition) is 1. The Kier molecular flexibility index (Phi) is 2.87. The van der Waals surface area contributed by atoms with Gasteiger partial charge in [0, 0.05) is 6.04 Å². The van der Waals surface area contributed by atoms with Gasteiger partial charge in [-0.05, 0) is 51.0 Å². The molecule has 4 nitrogen and oxygen atoms in total. The van der Waals surface area contributed by atoms with Crippen LogP contribution in [0.25, 0.3) is 0 Å². The standard InChI is InChI=1S/C15H24N4/c1-10-17-18-15(19(10)12-6-2-3-7-12)14-13-8-4-5-11(13)9-16-14/h11-14,16H,2-9H2,1H3. The van der Waals surface area contributed by atoms with Gasteiger partial charge in [0.2, 0.25) is 0 Å². The third-order valence-electron chi connectivity index (χ3n) is 5.61. The zero-order valence-electron chi connectivity index (χ0n) is 11.8. The zero-order chi connectivity index (χ0) is 12.8. The SMILES string of the molecule is Cc1nnc(C2NCC3CCCC32)n1C1CCCC1. The average molecular weight is 260 g/mol. The summed E-state index contributed by atoms with van der Waals surface area (Å²) in [5, 5.41) is 12.7. The quantitative estimate of drug-likeness (QED) is 0.889. The molecule has 3 atom stereocenters. The molecule has 4 rings (SSSR count). The molecule has 3 unspecified atom stereocenters. The molecule has 2 aliphatic carbocycles. The Morgan fingerprint density at radius 1 is 1.05 bits per heavy atom. The maximum atomic E-state index is 4.55. The van der Waals surface area contributed by atoms with Crippen molar-refractivity contribution in [2.24, 2.45) is 11.8 Å². The van der Waals surface area contributed by atoms with E-state index in [2.05, 4.69) is 27.0 Å². The van der Waals surface area contributed by atoms with Crippen molar-refractivity contribution in [1.82, 2.24) is 20.1 Å². The first-order valence-corrected chi connectivity index (χ1v) is 7.99. The molecule has 0 radical (unpaired) electrons. The van der Waals surface area contributed by atoms with Crippen molar-refractivity contribution in [2.75, 3.05) is 6.54 Å². The Balaban J connectivity index is 1.67. The molecular weight excluding hydrogens is 236 g/mol. The fourth-order valence-corrected chi connectivity index (χ4v) is 4.68. The van der Waals surface area contributed by atoms with Gasteiger partial charge in [-0.25, -0.2) is 0 Å². The molecule has 2 saturated carbocycles. The third kappa shape index (κ3) is 1.83. The largest absolute Gasteiger partial charge is 0.311 e. The maximum absolute atomic E-state index is 4.55. The van der Waals surface area contributed by atoms with E-state index in [4.69, 9.17) is 0 Å². The third-order valence-corrected chi connectivity index (χ3v) is 5.61. The molecule has 2 heterocycles. The van der Waals surface area contributed by atoms with Gasteiger partial charge < -0.3 is 9.88 Å². The normalized spacial score (nSPS) is 35.1. The molecular formula is C15H24N4. The Hall–Kier alpha value is -0.900. The van der Waals surface area contributed by atoms with Crippen molar-refractivity contribution < 1.29 is 0 Å². The lowest BCUT2D eigenvalue weighted by atomic mass is 9.93. The lowest BCUT2D eigenvalue weighted by Crippen LogP contribution is -2.24. The van der Waals surface area contributed by atoms with Crippen LogP contribution in [0.1, 0.15) is 68.7 Å². The molecule has 0 amide bonds. The van der Waals surface area contributed by atoms with Crippen LogP contribution >= 0.6 is 0 Å². The number of nitrogens with one attached hydrogen (secondary N) is 1. The van der Waals surface area contributed by atoms with Crippen molar-refractivity contribution in [3.63, 3.8) is 0 Å². The number of aromatic nitrogens is 3. The summed E-state index contributed by atoms with van der Waals surface area (Å²) >= 11 is 0. The zero-order valence-corrected chi connectivity index (χ0v) is 11.8. The van der Waals surface area contributed by atoms with Crippen molar-refractivity contribution in [1.29, 1.82) is 0 Å². The van der Waals surface area contributed by atoms with Crippen molar-refractivity contribution in [3.05, 3.63) is 11.6 Å². The molecule has 19 heavy (non-hydrogen) atoms. The second-order valence-electron chi connectivity index (χ2n) is 6.65. The molecule has 104 valence electrons. The van der Waals surface area contributed by atoms with E-state index in [1.165, 1.54) is 57.3 Å². The number of hydrogen-bond acceptors (Lipinski definition) is 3. The van der Waals surface area contributed by atoms with Crippen LogP contribution in [0.15, 0.2) is 0 Å². The van der Waals surface area contributed by atoms with Gasteiger partial charge in [0.05, 0.1) is 6.04 Å². The van der Waals surface area contributed by atoms with E-state index in [0.29, 0.717) is 12.1 Å². The lowest BCUT2D eigenvalue weighted by Gasteiger charge is -2.22. The van der Waals surface area contributed by atoms with Gasteiger partial charge in [-0.1, -0.05) is 19.3 Å². The van der Waals surface area contributed by atoms with Crippen LogP contribution in [-0.4, -0.2) is 21.3 Å². The predicted octanol–water partition coefficient (Wildman–Crippen LogP) is 2.76. The first kappa shape index (κ1) is 11.9. The Morgan fingerprint density at radius 2 is 1.89 bits per heavy atom. The Morgan fingerprint density at radius 3 is 2.74 bits per heavy atom. The Bertz CT molecular complexity index is 461. The van der Waals surface area contributed by atoms with E-state index in [9.17, 15) is 0 Å². The fraction of sp³-hybridized carbons (Fsp3) is 0.867. The highest BCUT2D eigenvalue weighted by Gasteiger charge is 2.42. The molecule has 1 saturated heterocycles. The maximum Gasteiger partial charge on any atom is 0.150 e. The van der Waals surface area contributed by atoms with Crippen molar-refractivity contribution >= 4 is 0 Å². The van der Waals surface area contributed by atoms with E-state index in [1.807, 2.05) is 0 Å². The van der Waals surface area contributed by atoms with Gasteiger partial charge in [0.15, 0.2) is 5.82 Å². The van der Waals surface area contributed by atoms with Crippen LogP contribution < -0.4 is 5.32 Å². The summed E-state index contributed by atoms with van der Waals surface area (Å²) in [4.78, 5) is 0. The van der Waals surface area contributed by atoms with Crippen LogP contribution in [0.3, 0.4) is 0 Å². The summed E-state index contributed by atoms with van der Waals surface area (Å²) in [6, 6.07) is 1.13. The van der Waals surface area contributed by atoms with E-state index >= 15 is 0 Å². The van der Waals surface area contributed by atoms with Crippen LogP contribution in [-0.2, 0) is 0 Å². The molecule has 3 fully saturated rings. The van der Waals surface area contributed by atoms with Crippen LogP contribution in [0, 0.1) is 18.8 Å². The highest BCUT2D eigenvalue weighted by Crippen LogP contribution is 2.45. The molecule has 1 aromatic rings. The molecule has 0 aromatic carbocycles. The first-order valence-electron chi connectivity index (χ1n) is 7.99. The first-order chi connectivity index (χ1) is 9.34. The highest BCUT2D eigenvalue weighted by molar-refractivity contribution is 5.09. The Labute approximate surface area is 115 Å². The fourth-order valence-electron chi connectivity index (χ4n) is 4.68. The smallest absolute Gasteiger partial charge is 0.150 e. The minimum absolute atomic E-state index is 0.467. The number of nitrogens with zero attached hydrogens (tertiary/aromatic N) is 3. The average Bonchev–Trinajstić information content (AvgIpc) is 3.11. The highest BCUT2D eigenvalue weighted by atomic mass is 15.3. The van der Waals surface area contributed by atoms with Gasteiger partial charge in [0.1, 0.15) is 5.82 Å².